The Morgan fingerprint density at radius 1 is 1.30 bits per heavy atom. The highest BCUT2D eigenvalue weighted by atomic mass is 32.2. The first-order valence-corrected chi connectivity index (χ1v) is 7.22. The van der Waals surface area contributed by atoms with Gasteiger partial charge in [-0.15, -0.1) is 11.8 Å². The predicted molar refractivity (Wildman–Crippen MR) is 82.2 cm³/mol. The Kier molecular flexibility index (Phi) is 4.63. The van der Waals surface area contributed by atoms with Gasteiger partial charge in [0.1, 0.15) is 0 Å². The van der Waals surface area contributed by atoms with Gasteiger partial charge in [0, 0.05) is 17.0 Å². The van der Waals surface area contributed by atoms with Crippen LogP contribution in [0.25, 0.3) is 0 Å². The van der Waals surface area contributed by atoms with Gasteiger partial charge in [-0.3, -0.25) is 0 Å². The van der Waals surface area contributed by atoms with E-state index in [1.807, 2.05) is 31.2 Å². The molecule has 104 valence electrons. The highest BCUT2D eigenvalue weighted by Crippen LogP contribution is 2.22. The van der Waals surface area contributed by atoms with Crippen molar-refractivity contribution >= 4 is 17.6 Å². The van der Waals surface area contributed by atoms with E-state index in [1.54, 1.807) is 11.8 Å². The molecule has 0 saturated heterocycles. The molecule has 3 N–H and O–H groups in total. The van der Waals surface area contributed by atoms with Crippen molar-refractivity contribution in [3.05, 3.63) is 58.8 Å². The van der Waals surface area contributed by atoms with Crippen LogP contribution >= 0.6 is 11.8 Å². The van der Waals surface area contributed by atoms with Crippen LogP contribution in [0.2, 0.25) is 0 Å². The number of nitrogens with two attached hydrogens (primary N) is 1. The van der Waals surface area contributed by atoms with Crippen LogP contribution in [0.3, 0.4) is 0 Å². The molecule has 5 heteroatoms. The molecular formula is C15H17N3OS. The van der Waals surface area contributed by atoms with E-state index < -0.39 is 0 Å². The number of aromatic nitrogens is 1. The molecule has 4 nitrogen and oxygen atoms in total. The molecule has 1 aromatic heterocycles. The summed E-state index contributed by atoms with van der Waals surface area (Å²) >= 11 is 1.68. The van der Waals surface area contributed by atoms with E-state index in [1.165, 1.54) is 5.56 Å². The van der Waals surface area contributed by atoms with Crippen molar-refractivity contribution in [1.82, 2.24) is 4.98 Å². The number of pyridine rings is 1. The van der Waals surface area contributed by atoms with Gasteiger partial charge in [0.25, 0.3) is 0 Å². The average molecular weight is 287 g/mol. The minimum atomic E-state index is 0.126. The van der Waals surface area contributed by atoms with Crippen molar-refractivity contribution in [1.29, 1.82) is 0 Å². The fourth-order valence-corrected chi connectivity index (χ4v) is 2.89. The number of nitrogens with zero attached hydrogens (tertiary/aromatic N) is 2. The Hall–Kier alpha value is -2.01. The van der Waals surface area contributed by atoms with Crippen LogP contribution in [0.1, 0.15) is 22.4 Å². The highest BCUT2D eigenvalue weighted by molar-refractivity contribution is 7.98. The average Bonchev–Trinajstić information content (AvgIpc) is 2.43. The van der Waals surface area contributed by atoms with Gasteiger partial charge in [0.2, 0.25) is 0 Å². The number of thioether (sulfide) groups is 1. The van der Waals surface area contributed by atoms with Crippen molar-refractivity contribution in [2.45, 2.75) is 24.6 Å². The van der Waals surface area contributed by atoms with Gasteiger partial charge in [0.15, 0.2) is 5.84 Å². The normalized spacial score (nSPS) is 11.6. The zero-order valence-electron chi connectivity index (χ0n) is 11.5. The Labute approximate surface area is 122 Å². The third-order valence-corrected chi connectivity index (χ3v) is 3.77. The molecule has 0 saturated carbocycles. The molecule has 0 aliphatic carbocycles. The van der Waals surface area contributed by atoms with Crippen LogP contribution in [0.15, 0.2) is 46.6 Å². The molecule has 0 atom stereocenters. The molecule has 2 rings (SSSR count). The fraction of sp³-hybridized carbons (Fsp3) is 0.200. The smallest absolute Gasteiger partial charge is 0.170 e. The van der Waals surface area contributed by atoms with Crippen molar-refractivity contribution in [3.63, 3.8) is 0 Å². The van der Waals surface area contributed by atoms with Gasteiger partial charge < -0.3 is 10.9 Å². The monoisotopic (exact) mass is 287 g/mol. The quantitative estimate of drug-likeness (QED) is 0.298. The van der Waals surface area contributed by atoms with E-state index in [4.69, 9.17) is 10.9 Å². The number of hydrogen-bond acceptors (Lipinski definition) is 4. The molecule has 0 radical (unpaired) electrons. The lowest BCUT2D eigenvalue weighted by atomic mass is 10.1. The molecule has 0 unspecified atom stereocenters. The van der Waals surface area contributed by atoms with Gasteiger partial charge in [-0.25, -0.2) is 4.98 Å². The lowest BCUT2D eigenvalue weighted by Crippen LogP contribution is -2.13. The molecule has 0 fully saturated rings. The number of hydrogen-bond donors (Lipinski definition) is 2. The Morgan fingerprint density at radius 2 is 2.10 bits per heavy atom. The summed E-state index contributed by atoms with van der Waals surface area (Å²) in [4.78, 5) is 4.50. The fourth-order valence-electron chi connectivity index (χ4n) is 1.91. The molecule has 20 heavy (non-hydrogen) atoms. The molecule has 1 heterocycles. The number of oxime groups is 1. The standard InChI is InChI=1S/C15H17N3OS/c1-10-6-11(2)17-14(7-10)20-9-12-4-3-5-13(8-12)15(16)18-19/h3-8,19H,9H2,1-2H3,(H2,16,18). The van der Waals surface area contributed by atoms with Crippen LogP contribution < -0.4 is 5.73 Å². The SMILES string of the molecule is Cc1cc(C)nc(SCc2cccc(/C(N)=N/O)c2)c1. The first kappa shape index (κ1) is 14.4. The van der Waals surface area contributed by atoms with Crippen molar-refractivity contribution in [3.8, 4) is 0 Å². The number of benzene rings is 1. The first-order chi connectivity index (χ1) is 9.58. The lowest BCUT2D eigenvalue weighted by Gasteiger charge is -2.06. The van der Waals surface area contributed by atoms with Crippen molar-refractivity contribution in [2.24, 2.45) is 10.9 Å². The van der Waals surface area contributed by atoms with E-state index in [0.29, 0.717) is 0 Å². The third-order valence-electron chi connectivity index (χ3n) is 2.79. The molecule has 0 amide bonds. The van der Waals surface area contributed by atoms with Crippen LogP contribution in [-0.4, -0.2) is 16.0 Å². The number of aryl methyl sites for hydroxylation is 2. The second kappa shape index (κ2) is 6.43. The summed E-state index contributed by atoms with van der Waals surface area (Å²) in [5.74, 6) is 0.920. The van der Waals surface area contributed by atoms with E-state index >= 15 is 0 Å². The summed E-state index contributed by atoms with van der Waals surface area (Å²) in [5.41, 5.74) is 9.66. The van der Waals surface area contributed by atoms with Crippen LogP contribution in [0.4, 0.5) is 0 Å². The summed E-state index contributed by atoms with van der Waals surface area (Å²) < 4.78 is 0. The molecule has 0 aliphatic rings. The zero-order valence-corrected chi connectivity index (χ0v) is 12.3. The first-order valence-electron chi connectivity index (χ1n) is 6.23. The number of rotatable bonds is 4. The Balaban J connectivity index is 2.11. The minimum Gasteiger partial charge on any atom is -0.409 e. The van der Waals surface area contributed by atoms with E-state index in [2.05, 4.69) is 29.2 Å². The molecular weight excluding hydrogens is 270 g/mol. The largest absolute Gasteiger partial charge is 0.409 e. The van der Waals surface area contributed by atoms with Crippen LogP contribution in [0, 0.1) is 13.8 Å². The van der Waals surface area contributed by atoms with E-state index in [-0.39, 0.29) is 5.84 Å². The minimum absolute atomic E-state index is 0.126. The second-order valence-electron chi connectivity index (χ2n) is 4.60. The highest BCUT2D eigenvalue weighted by Gasteiger charge is 2.03. The topological polar surface area (TPSA) is 71.5 Å². The second-order valence-corrected chi connectivity index (χ2v) is 5.59. The van der Waals surface area contributed by atoms with Gasteiger partial charge in [-0.05, 0) is 43.2 Å². The van der Waals surface area contributed by atoms with E-state index in [0.717, 1.165) is 27.6 Å². The molecule has 0 bridgehead atoms. The summed E-state index contributed by atoms with van der Waals surface area (Å²) in [5, 5.41) is 12.7. The Morgan fingerprint density at radius 3 is 2.80 bits per heavy atom. The number of amidine groups is 1. The van der Waals surface area contributed by atoms with Crippen LogP contribution in [-0.2, 0) is 5.75 Å². The van der Waals surface area contributed by atoms with E-state index in [9.17, 15) is 0 Å². The molecule has 2 aromatic rings. The van der Waals surface area contributed by atoms with Gasteiger partial charge in [0.05, 0.1) is 5.03 Å². The van der Waals surface area contributed by atoms with Crippen molar-refractivity contribution < 1.29 is 5.21 Å². The molecule has 0 aliphatic heterocycles. The summed E-state index contributed by atoms with van der Waals surface area (Å²) in [6.07, 6.45) is 0. The molecule has 0 spiro atoms. The van der Waals surface area contributed by atoms with Crippen LogP contribution in [0.5, 0.6) is 0 Å². The summed E-state index contributed by atoms with van der Waals surface area (Å²) in [6, 6.07) is 11.8. The molecule has 1 aromatic carbocycles. The maximum Gasteiger partial charge on any atom is 0.170 e. The summed E-state index contributed by atoms with van der Waals surface area (Å²) in [6.45, 7) is 4.06. The lowest BCUT2D eigenvalue weighted by molar-refractivity contribution is 0.318. The Bertz CT molecular complexity index is 621. The van der Waals surface area contributed by atoms with Gasteiger partial charge >= 0.3 is 0 Å². The van der Waals surface area contributed by atoms with Gasteiger partial charge in [-0.2, -0.15) is 0 Å². The maximum atomic E-state index is 8.70. The maximum absolute atomic E-state index is 8.70. The predicted octanol–water partition coefficient (Wildman–Crippen LogP) is 3.09. The van der Waals surface area contributed by atoms with Gasteiger partial charge in [-0.1, -0.05) is 23.4 Å². The third kappa shape index (κ3) is 3.74. The summed E-state index contributed by atoms with van der Waals surface area (Å²) in [7, 11) is 0. The van der Waals surface area contributed by atoms with Crippen molar-refractivity contribution in [2.75, 3.05) is 0 Å². The zero-order chi connectivity index (χ0) is 14.5.